The first-order valence-corrected chi connectivity index (χ1v) is 8.63. The van der Waals surface area contributed by atoms with E-state index < -0.39 is 0 Å². The van der Waals surface area contributed by atoms with Crippen LogP contribution in [0, 0.1) is 6.92 Å². The molecule has 1 aliphatic heterocycles. The van der Waals surface area contributed by atoms with Gasteiger partial charge < -0.3 is 10.6 Å². The van der Waals surface area contributed by atoms with E-state index in [9.17, 15) is 0 Å². The second-order valence-electron chi connectivity index (χ2n) is 5.95. The van der Waals surface area contributed by atoms with Crippen molar-refractivity contribution in [1.82, 2.24) is 9.97 Å². The predicted molar refractivity (Wildman–Crippen MR) is 96.2 cm³/mol. The zero-order valence-electron chi connectivity index (χ0n) is 13.1. The van der Waals surface area contributed by atoms with Gasteiger partial charge in [-0.1, -0.05) is 42.1 Å². The highest BCUT2D eigenvalue weighted by molar-refractivity contribution is 6.35. The van der Waals surface area contributed by atoms with Gasteiger partial charge in [0.2, 0.25) is 5.95 Å². The first-order valence-electron chi connectivity index (χ1n) is 7.87. The molecule has 1 aromatic carbocycles. The molecule has 2 heterocycles. The van der Waals surface area contributed by atoms with Gasteiger partial charge >= 0.3 is 0 Å². The van der Waals surface area contributed by atoms with Crippen molar-refractivity contribution in [1.29, 1.82) is 0 Å². The average Bonchev–Trinajstić information content (AvgIpc) is 2.72. The lowest BCUT2D eigenvalue weighted by Gasteiger charge is -2.32. The molecule has 1 aliphatic rings. The van der Waals surface area contributed by atoms with E-state index in [-0.39, 0.29) is 6.04 Å². The van der Waals surface area contributed by atoms with Crippen LogP contribution < -0.4 is 10.6 Å². The van der Waals surface area contributed by atoms with Gasteiger partial charge in [0.15, 0.2) is 0 Å². The van der Waals surface area contributed by atoms with Crippen LogP contribution in [0.25, 0.3) is 0 Å². The smallest absolute Gasteiger partial charge is 0.222 e. The van der Waals surface area contributed by atoms with Gasteiger partial charge in [0.25, 0.3) is 0 Å². The molecule has 2 N–H and O–H groups in total. The van der Waals surface area contributed by atoms with Gasteiger partial charge in [-0.3, -0.25) is 0 Å². The summed E-state index contributed by atoms with van der Waals surface area (Å²) in [6.45, 7) is 2.86. The Hall–Kier alpha value is -1.52. The molecule has 23 heavy (non-hydrogen) atoms. The number of aromatic nitrogens is 2. The molecule has 0 radical (unpaired) electrons. The summed E-state index contributed by atoms with van der Waals surface area (Å²) in [6.07, 6.45) is 4.53. The molecule has 1 atom stereocenters. The Morgan fingerprint density at radius 3 is 2.70 bits per heavy atom. The fourth-order valence-corrected chi connectivity index (χ4v) is 3.73. The van der Waals surface area contributed by atoms with Crippen molar-refractivity contribution in [3.8, 4) is 0 Å². The van der Waals surface area contributed by atoms with E-state index in [0.29, 0.717) is 16.0 Å². The van der Waals surface area contributed by atoms with E-state index in [1.165, 1.54) is 12.8 Å². The van der Waals surface area contributed by atoms with Crippen molar-refractivity contribution < 1.29 is 0 Å². The minimum atomic E-state index is 0.177. The molecule has 3 rings (SSSR count). The molecule has 1 saturated heterocycles. The minimum Gasteiger partial charge on any atom is -0.368 e. The third kappa shape index (κ3) is 3.70. The molecule has 1 aromatic heterocycles. The summed E-state index contributed by atoms with van der Waals surface area (Å²) in [5, 5.41) is 1.36. The quantitative estimate of drug-likeness (QED) is 0.845. The van der Waals surface area contributed by atoms with E-state index in [0.717, 1.165) is 36.5 Å². The summed E-state index contributed by atoms with van der Waals surface area (Å²) < 4.78 is 0. The Labute approximate surface area is 146 Å². The van der Waals surface area contributed by atoms with E-state index in [1.807, 2.05) is 25.1 Å². The van der Waals surface area contributed by atoms with Crippen molar-refractivity contribution in [3.63, 3.8) is 0 Å². The molecule has 0 aliphatic carbocycles. The molecule has 122 valence electrons. The maximum atomic E-state index is 6.46. The molecule has 4 nitrogen and oxygen atoms in total. The number of benzene rings is 1. The summed E-state index contributed by atoms with van der Waals surface area (Å²) in [5.41, 5.74) is 7.81. The number of rotatable bonds is 2. The third-order valence-corrected chi connectivity index (χ3v) is 4.79. The number of hydrogen-bond acceptors (Lipinski definition) is 4. The lowest BCUT2D eigenvalue weighted by Crippen LogP contribution is -2.29. The Bertz CT molecular complexity index is 685. The topological polar surface area (TPSA) is 55.0 Å². The number of hydrogen-bond donors (Lipinski definition) is 1. The summed E-state index contributed by atoms with van der Waals surface area (Å²) in [6, 6.07) is 7.88. The third-order valence-electron chi connectivity index (χ3n) is 4.23. The Morgan fingerprint density at radius 1 is 1.13 bits per heavy atom. The first kappa shape index (κ1) is 16.3. The molecule has 6 heteroatoms. The highest BCUT2D eigenvalue weighted by Gasteiger charge is 2.26. The zero-order chi connectivity index (χ0) is 16.4. The van der Waals surface area contributed by atoms with Gasteiger partial charge in [-0.15, -0.1) is 0 Å². The SMILES string of the molecule is Cc1cc(N2CCCCC[C@@H]2c2ccc(Cl)cc2Cl)nc(N)n1. The van der Waals surface area contributed by atoms with Crippen LogP contribution in [0.1, 0.15) is 43.0 Å². The number of nitrogen functional groups attached to an aromatic ring is 1. The molecular weight excluding hydrogens is 331 g/mol. The first-order chi connectivity index (χ1) is 11.0. The van der Waals surface area contributed by atoms with Crippen LogP contribution in [-0.2, 0) is 0 Å². The van der Waals surface area contributed by atoms with Crippen LogP contribution >= 0.6 is 23.2 Å². The highest BCUT2D eigenvalue weighted by Crippen LogP contribution is 2.37. The summed E-state index contributed by atoms with van der Waals surface area (Å²) in [4.78, 5) is 10.9. The van der Waals surface area contributed by atoms with Crippen LogP contribution in [0.4, 0.5) is 11.8 Å². The molecular formula is C17H20Cl2N4. The lowest BCUT2D eigenvalue weighted by atomic mass is 10.0. The van der Waals surface area contributed by atoms with Gasteiger partial charge in [-0.25, -0.2) is 4.98 Å². The van der Waals surface area contributed by atoms with Crippen molar-refractivity contribution in [3.05, 3.63) is 45.6 Å². The van der Waals surface area contributed by atoms with Gasteiger partial charge in [0.05, 0.1) is 6.04 Å². The van der Waals surface area contributed by atoms with E-state index in [4.69, 9.17) is 28.9 Å². The number of nitrogens with two attached hydrogens (primary N) is 1. The maximum absolute atomic E-state index is 6.46. The zero-order valence-corrected chi connectivity index (χ0v) is 14.6. The van der Waals surface area contributed by atoms with Crippen LogP contribution in [0.3, 0.4) is 0 Å². The van der Waals surface area contributed by atoms with E-state index >= 15 is 0 Å². The molecule has 0 saturated carbocycles. The van der Waals surface area contributed by atoms with E-state index in [2.05, 4.69) is 14.9 Å². The summed E-state index contributed by atoms with van der Waals surface area (Å²) in [7, 11) is 0. The molecule has 1 fully saturated rings. The monoisotopic (exact) mass is 350 g/mol. The summed E-state index contributed by atoms with van der Waals surface area (Å²) in [5.74, 6) is 1.18. The summed E-state index contributed by atoms with van der Waals surface area (Å²) >= 11 is 12.5. The lowest BCUT2D eigenvalue weighted by molar-refractivity contribution is 0.596. The minimum absolute atomic E-state index is 0.177. The van der Waals surface area contributed by atoms with Crippen LogP contribution in [0.15, 0.2) is 24.3 Å². The Balaban J connectivity index is 2.03. The Morgan fingerprint density at radius 2 is 1.96 bits per heavy atom. The molecule has 0 unspecified atom stereocenters. The second kappa shape index (κ2) is 6.93. The van der Waals surface area contributed by atoms with Gasteiger partial charge in [-0.2, -0.15) is 4.98 Å². The van der Waals surface area contributed by atoms with Crippen molar-refractivity contribution >= 4 is 35.0 Å². The second-order valence-corrected chi connectivity index (χ2v) is 6.79. The molecule has 2 aromatic rings. The number of anilines is 2. The molecule has 0 amide bonds. The standard InChI is InChI=1S/C17H20Cl2N4/c1-11-9-16(22-17(20)21-11)23-8-4-2-3-5-15(23)13-7-6-12(18)10-14(13)19/h6-7,9-10,15H,2-5,8H2,1H3,(H2,20,21,22)/t15-/m1/s1. The molecule has 0 spiro atoms. The van der Waals surface area contributed by atoms with Gasteiger partial charge in [0, 0.05) is 28.4 Å². The number of aryl methyl sites for hydroxylation is 1. The van der Waals surface area contributed by atoms with Crippen LogP contribution in [0.2, 0.25) is 10.0 Å². The highest BCUT2D eigenvalue weighted by atomic mass is 35.5. The van der Waals surface area contributed by atoms with Crippen molar-refractivity contribution in [2.24, 2.45) is 0 Å². The fourth-order valence-electron chi connectivity index (χ4n) is 3.20. The van der Waals surface area contributed by atoms with Crippen LogP contribution in [-0.4, -0.2) is 16.5 Å². The number of halogens is 2. The van der Waals surface area contributed by atoms with Gasteiger partial charge in [-0.05, 0) is 37.5 Å². The van der Waals surface area contributed by atoms with Crippen molar-refractivity contribution in [2.75, 3.05) is 17.2 Å². The van der Waals surface area contributed by atoms with E-state index in [1.54, 1.807) is 6.07 Å². The number of nitrogens with zero attached hydrogens (tertiary/aromatic N) is 3. The normalized spacial score (nSPS) is 18.7. The average molecular weight is 351 g/mol. The predicted octanol–water partition coefficient (Wildman–Crippen LogP) is 4.80. The van der Waals surface area contributed by atoms with Crippen LogP contribution in [0.5, 0.6) is 0 Å². The maximum Gasteiger partial charge on any atom is 0.222 e. The Kier molecular flexibility index (Phi) is 4.93. The molecule has 0 bridgehead atoms. The fraction of sp³-hybridized carbons (Fsp3) is 0.412. The van der Waals surface area contributed by atoms with Gasteiger partial charge in [0.1, 0.15) is 5.82 Å². The van der Waals surface area contributed by atoms with Crippen molar-refractivity contribution in [2.45, 2.75) is 38.6 Å². The largest absolute Gasteiger partial charge is 0.368 e.